The summed E-state index contributed by atoms with van der Waals surface area (Å²) >= 11 is 0. The van der Waals surface area contributed by atoms with Gasteiger partial charge in [-0.05, 0) is 39.2 Å². The Kier molecular flexibility index (Phi) is 6.96. The van der Waals surface area contributed by atoms with Crippen LogP contribution >= 0.6 is 0 Å². The highest BCUT2D eigenvalue weighted by Crippen LogP contribution is 2.47. The molecule has 7 heteroatoms. The Morgan fingerprint density at radius 2 is 1.93 bits per heavy atom. The van der Waals surface area contributed by atoms with Crippen molar-refractivity contribution < 1.29 is 19.1 Å². The number of hydrogen-bond donors (Lipinski definition) is 0. The number of fused-ring (bicyclic) bond motifs is 2. The number of carbonyl (C=O) groups is 2. The second-order valence-corrected chi connectivity index (χ2v) is 8.42. The molecule has 0 aliphatic carbocycles. The lowest BCUT2D eigenvalue weighted by Gasteiger charge is -2.41. The van der Waals surface area contributed by atoms with Gasteiger partial charge in [0.15, 0.2) is 12.0 Å². The number of amides is 1. The molecule has 0 unspecified atom stereocenters. The minimum absolute atomic E-state index is 0.0245. The molecule has 1 saturated heterocycles. The maximum atomic E-state index is 12.8. The number of ether oxygens (including phenoxy) is 2. The van der Waals surface area contributed by atoms with E-state index in [4.69, 9.17) is 9.47 Å². The van der Waals surface area contributed by atoms with Crippen molar-refractivity contribution in [1.82, 2.24) is 4.90 Å². The Morgan fingerprint density at radius 1 is 1.27 bits per heavy atom. The van der Waals surface area contributed by atoms with E-state index in [1.54, 1.807) is 11.0 Å². The van der Waals surface area contributed by atoms with Gasteiger partial charge in [0, 0.05) is 25.3 Å². The van der Waals surface area contributed by atoms with Crippen LogP contribution in [0.5, 0.6) is 0 Å². The van der Waals surface area contributed by atoms with Crippen molar-refractivity contribution in [2.45, 2.75) is 64.6 Å². The van der Waals surface area contributed by atoms with E-state index in [1.807, 2.05) is 26.8 Å². The first-order valence-corrected chi connectivity index (χ1v) is 9.86. The first-order valence-electron chi connectivity index (χ1n) is 9.86. The molecule has 3 atom stereocenters. The summed E-state index contributed by atoms with van der Waals surface area (Å²) in [6.07, 6.45) is 4.54. The summed E-state index contributed by atoms with van der Waals surface area (Å²) in [5.74, 6) is 4.66. The standard InChI is InChI=1S/C23H27N3O4/c1-6-18-19(23(14-24,15-25)11-7-8-12-29-16(2)27)13-17-9-10-20(18)26(17)21(28)30-22(3,4)5/h6,13,17-18,20H,1,9-12H2,2-5H3/t17-,18-,20+/m1/s1. The predicted molar refractivity (Wildman–Crippen MR) is 109 cm³/mol. The third-order valence-corrected chi connectivity index (χ3v) is 5.18. The predicted octanol–water partition coefficient (Wildman–Crippen LogP) is 3.49. The van der Waals surface area contributed by atoms with Gasteiger partial charge in [0.2, 0.25) is 0 Å². The fraction of sp³-hybridized carbons (Fsp3) is 0.565. The van der Waals surface area contributed by atoms with E-state index in [2.05, 4.69) is 30.6 Å². The fourth-order valence-corrected chi connectivity index (χ4v) is 3.92. The zero-order chi connectivity index (χ0) is 22.5. The molecule has 2 aliphatic rings. The number of hydrogen-bond acceptors (Lipinski definition) is 6. The Morgan fingerprint density at radius 3 is 2.47 bits per heavy atom. The molecule has 30 heavy (non-hydrogen) atoms. The van der Waals surface area contributed by atoms with Gasteiger partial charge in [0.05, 0.1) is 18.2 Å². The van der Waals surface area contributed by atoms with E-state index in [1.165, 1.54) is 6.92 Å². The highest BCUT2D eigenvalue weighted by Gasteiger charge is 2.51. The van der Waals surface area contributed by atoms with Crippen molar-refractivity contribution in [2.75, 3.05) is 6.61 Å². The van der Waals surface area contributed by atoms with Gasteiger partial charge < -0.3 is 9.47 Å². The minimum atomic E-state index is -1.47. The van der Waals surface area contributed by atoms with Gasteiger partial charge in [-0.1, -0.05) is 24.0 Å². The number of nitrogens with zero attached hydrogens (tertiary/aromatic N) is 3. The number of rotatable bonds is 4. The molecule has 0 saturated carbocycles. The molecule has 0 aromatic rings. The molecule has 2 bridgehead atoms. The summed E-state index contributed by atoms with van der Waals surface area (Å²) in [4.78, 5) is 25.3. The molecule has 0 aromatic carbocycles. The third kappa shape index (κ3) is 4.84. The summed E-state index contributed by atoms with van der Waals surface area (Å²) in [7, 11) is 0. The van der Waals surface area contributed by atoms with E-state index in [0.29, 0.717) is 5.57 Å². The Labute approximate surface area is 177 Å². The highest BCUT2D eigenvalue weighted by atomic mass is 16.6. The summed E-state index contributed by atoms with van der Waals surface area (Å²) in [6.45, 7) is 10.5. The number of nitriles is 2. The molecule has 0 radical (unpaired) electrons. The quantitative estimate of drug-likeness (QED) is 0.400. The highest BCUT2D eigenvalue weighted by molar-refractivity contribution is 5.71. The summed E-state index contributed by atoms with van der Waals surface area (Å²) in [5, 5.41) is 19.8. The molecule has 0 aromatic heterocycles. The smallest absolute Gasteiger partial charge is 0.411 e. The van der Waals surface area contributed by atoms with Crippen LogP contribution in [0.3, 0.4) is 0 Å². The Balaban J connectivity index is 2.35. The van der Waals surface area contributed by atoms with Gasteiger partial charge in [-0.2, -0.15) is 10.5 Å². The SMILES string of the molecule is C=C[C@@H]1C(C(C#N)(C#N)CC#CCOC(C)=O)=C[C@H]2CC[C@@H]1N2C(=O)OC(C)(C)C. The Bertz CT molecular complexity index is 875. The zero-order valence-electron chi connectivity index (χ0n) is 17.9. The lowest BCUT2D eigenvalue weighted by Crippen LogP contribution is -2.50. The molecular formula is C23H27N3O4. The molecule has 0 spiro atoms. The van der Waals surface area contributed by atoms with Crippen LogP contribution < -0.4 is 0 Å². The average molecular weight is 409 g/mol. The molecule has 0 N–H and O–H groups in total. The monoisotopic (exact) mass is 409 g/mol. The summed E-state index contributed by atoms with van der Waals surface area (Å²) < 4.78 is 10.3. The van der Waals surface area contributed by atoms with Crippen LogP contribution in [-0.4, -0.2) is 41.3 Å². The number of carbonyl (C=O) groups excluding carboxylic acids is 2. The van der Waals surface area contributed by atoms with E-state index in [-0.39, 0.29) is 31.0 Å². The van der Waals surface area contributed by atoms with Gasteiger partial charge >= 0.3 is 12.1 Å². The van der Waals surface area contributed by atoms with Gasteiger partial charge in [-0.25, -0.2) is 4.79 Å². The van der Waals surface area contributed by atoms with Gasteiger partial charge in [0.1, 0.15) is 5.60 Å². The topological polar surface area (TPSA) is 103 Å². The van der Waals surface area contributed by atoms with Crippen LogP contribution in [0.25, 0.3) is 0 Å². The molecular weight excluding hydrogens is 382 g/mol. The van der Waals surface area contributed by atoms with Crippen LogP contribution in [-0.2, 0) is 14.3 Å². The van der Waals surface area contributed by atoms with Crippen molar-refractivity contribution in [3.05, 3.63) is 24.3 Å². The first kappa shape index (κ1) is 23.0. The number of esters is 1. The van der Waals surface area contributed by atoms with Gasteiger partial charge in [-0.15, -0.1) is 6.58 Å². The molecule has 2 aliphatic heterocycles. The van der Waals surface area contributed by atoms with Crippen LogP contribution in [0, 0.1) is 45.8 Å². The van der Waals surface area contributed by atoms with E-state index >= 15 is 0 Å². The van der Waals surface area contributed by atoms with Crippen molar-refractivity contribution in [1.29, 1.82) is 10.5 Å². The maximum Gasteiger partial charge on any atom is 0.411 e. The van der Waals surface area contributed by atoms with Crippen molar-refractivity contribution in [3.63, 3.8) is 0 Å². The van der Waals surface area contributed by atoms with Crippen LogP contribution in [0.4, 0.5) is 4.79 Å². The normalized spacial score (nSPS) is 22.5. The van der Waals surface area contributed by atoms with E-state index in [0.717, 1.165) is 12.8 Å². The Hall–Kier alpha value is -3.24. The summed E-state index contributed by atoms with van der Waals surface area (Å²) in [5.41, 5.74) is -1.47. The van der Waals surface area contributed by atoms with Gasteiger partial charge in [-0.3, -0.25) is 9.69 Å². The molecule has 1 amide bonds. The first-order chi connectivity index (χ1) is 14.1. The van der Waals surface area contributed by atoms with Crippen LogP contribution in [0.1, 0.15) is 47.0 Å². The minimum Gasteiger partial charge on any atom is -0.453 e. The largest absolute Gasteiger partial charge is 0.453 e. The lowest BCUT2D eigenvalue weighted by atomic mass is 9.70. The van der Waals surface area contributed by atoms with E-state index in [9.17, 15) is 20.1 Å². The van der Waals surface area contributed by atoms with Crippen molar-refractivity contribution in [2.24, 2.45) is 11.3 Å². The third-order valence-electron chi connectivity index (χ3n) is 5.18. The zero-order valence-corrected chi connectivity index (χ0v) is 17.9. The molecule has 158 valence electrons. The molecule has 2 rings (SSSR count). The molecule has 7 nitrogen and oxygen atoms in total. The van der Waals surface area contributed by atoms with Crippen LogP contribution in [0.15, 0.2) is 24.3 Å². The van der Waals surface area contributed by atoms with Crippen molar-refractivity contribution >= 4 is 12.1 Å². The lowest BCUT2D eigenvalue weighted by molar-refractivity contribution is -0.139. The second-order valence-electron chi connectivity index (χ2n) is 8.42. The van der Waals surface area contributed by atoms with Crippen LogP contribution in [0.2, 0.25) is 0 Å². The van der Waals surface area contributed by atoms with E-state index < -0.39 is 23.1 Å². The second kappa shape index (κ2) is 9.06. The van der Waals surface area contributed by atoms with Gasteiger partial charge in [0.25, 0.3) is 0 Å². The molecule has 2 heterocycles. The summed E-state index contributed by atoms with van der Waals surface area (Å²) in [6, 6.07) is 3.79. The van der Waals surface area contributed by atoms with Crippen molar-refractivity contribution in [3.8, 4) is 24.0 Å². The fourth-order valence-electron chi connectivity index (χ4n) is 3.92. The maximum absolute atomic E-state index is 12.8. The average Bonchev–Trinajstić information content (AvgIpc) is 2.98. The molecule has 1 fully saturated rings.